The number of ether oxygens (including phenoxy) is 1. The van der Waals surface area contributed by atoms with Crippen molar-refractivity contribution >= 4 is 29.2 Å². The number of unbranched alkanes of at least 4 members (excludes halogenated alkanes) is 2. The third-order valence-electron chi connectivity index (χ3n) is 7.49. The molecule has 7 nitrogen and oxygen atoms in total. The van der Waals surface area contributed by atoms with Gasteiger partial charge in [0.15, 0.2) is 0 Å². The molecule has 0 radical (unpaired) electrons. The zero-order valence-electron chi connectivity index (χ0n) is 21.9. The second-order valence-corrected chi connectivity index (χ2v) is 11.3. The number of thiocarbonyl (C=S) groups is 1. The van der Waals surface area contributed by atoms with E-state index in [1.165, 1.54) is 0 Å². The van der Waals surface area contributed by atoms with Gasteiger partial charge in [-0.15, -0.1) is 0 Å². The largest absolute Gasteiger partial charge is 0.450 e. The summed E-state index contributed by atoms with van der Waals surface area (Å²) in [7, 11) is 0. The van der Waals surface area contributed by atoms with Crippen molar-refractivity contribution < 1.29 is 14.3 Å². The molecule has 1 heterocycles. The number of likely N-dealkylation sites (tertiary alicyclic amines) is 1. The van der Waals surface area contributed by atoms with Gasteiger partial charge in [-0.1, -0.05) is 59.2 Å². The molecule has 1 aliphatic heterocycles. The van der Waals surface area contributed by atoms with E-state index in [2.05, 4.69) is 38.3 Å². The topological polar surface area (TPSA) is 96.7 Å². The van der Waals surface area contributed by atoms with E-state index in [4.69, 9.17) is 22.7 Å². The number of alkyl carbamates (subject to hydrolysis) is 1. The Kier molecular flexibility index (Phi) is 12.1. The highest BCUT2D eigenvalue weighted by molar-refractivity contribution is 7.80. The normalized spacial score (nSPS) is 23.9. The molecule has 2 fully saturated rings. The van der Waals surface area contributed by atoms with Gasteiger partial charge in [-0.25, -0.2) is 4.79 Å². The summed E-state index contributed by atoms with van der Waals surface area (Å²) in [6.45, 7) is 10.4. The molecule has 4 N–H and O–H groups in total. The Balaban J connectivity index is 2.05. The van der Waals surface area contributed by atoms with Crippen molar-refractivity contribution in [1.82, 2.24) is 15.5 Å². The van der Waals surface area contributed by atoms with Crippen LogP contribution >= 0.6 is 12.2 Å². The SMILES string of the molecule is CCCCOC(=O)N[C@H](C(=S)N1CCC[C@H]1C(=O)NCC1CCC(N)CC1)C(C)(C)CCCC. The third kappa shape index (κ3) is 8.67. The predicted octanol–water partition coefficient (Wildman–Crippen LogP) is 4.52. The number of nitrogens with one attached hydrogen (secondary N) is 2. The minimum atomic E-state index is -0.430. The second kappa shape index (κ2) is 14.2. The van der Waals surface area contributed by atoms with Gasteiger partial charge < -0.3 is 26.0 Å². The van der Waals surface area contributed by atoms with Gasteiger partial charge in [-0.3, -0.25) is 4.79 Å². The maximum Gasteiger partial charge on any atom is 0.407 e. The van der Waals surface area contributed by atoms with Crippen LogP contribution in [0.25, 0.3) is 0 Å². The van der Waals surface area contributed by atoms with Gasteiger partial charge in [-0.05, 0) is 62.7 Å². The smallest absolute Gasteiger partial charge is 0.407 e. The Bertz CT molecular complexity index is 664. The highest BCUT2D eigenvalue weighted by atomic mass is 32.1. The van der Waals surface area contributed by atoms with Crippen LogP contribution in [-0.4, -0.2) is 59.7 Å². The Hall–Kier alpha value is -1.41. The Morgan fingerprint density at radius 3 is 2.44 bits per heavy atom. The molecule has 2 aliphatic rings. The summed E-state index contributed by atoms with van der Waals surface area (Å²) < 4.78 is 5.40. The first-order valence-corrected chi connectivity index (χ1v) is 13.9. The number of amides is 2. The zero-order valence-corrected chi connectivity index (χ0v) is 22.7. The van der Waals surface area contributed by atoms with E-state index in [-0.39, 0.29) is 23.4 Å². The number of nitrogens with zero attached hydrogens (tertiary/aromatic N) is 1. The average molecular weight is 497 g/mol. The standard InChI is InChI=1S/C26H48N4O3S/c1-5-7-15-26(3,4)22(29-25(32)33-17-8-6-2)24(34)30-16-9-10-21(30)23(31)28-18-19-11-13-20(27)14-12-19/h19-22H,5-18,27H2,1-4H3,(H,28,31)(H,29,32)/t19?,20?,21-,22+/m0/s1. The molecule has 8 heteroatoms. The number of nitrogens with two attached hydrogens (primary N) is 1. The molecule has 2 rings (SSSR count). The first-order chi connectivity index (χ1) is 16.2. The fourth-order valence-electron chi connectivity index (χ4n) is 5.06. The Labute approximate surface area is 212 Å². The van der Waals surface area contributed by atoms with Gasteiger partial charge in [0.1, 0.15) is 11.0 Å². The monoisotopic (exact) mass is 496 g/mol. The van der Waals surface area contributed by atoms with E-state index in [9.17, 15) is 9.59 Å². The lowest BCUT2D eigenvalue weighted by Crippen LogP contribution is -2.57. The van der Waals surface area contributed by atoms with Crippen molar-refractivity contribution in [3.8, 4) is 0 Å². The highest BCUT2D eigenvalue weighted by Gasteiger charge is 2.41. The van der Waals surface area contributed by atoms with Gasteiger partial charge in [0.2, 0.25) is 5.91 Å². The fraction of sp³-hybridized carbons (Fsp3) is 0.885. The number of carbonyl (C=O) groups is 2. The first kappa shape index (κ1) is 28.8. The summed E-state index contributed by atoms with van der Waals surface area (Å²) in [5, 5.41) is 6.25. The lowest BCUT2D eigenvalue weighted by Gasteiger charge is -2.39. The van der Waals surface area contributed by atoms with Gasteiger partial charge in [0, 0.05) is 19.1 Å². The summed E-state index contributed by atoms with van der Waals surface area (Å²) >= 11 is 5.97. The van der Waals surface area contributed by atoms with E-state index in [0.717, 1.165) is 77.2 Å². The Morgan fingerprint density at radius 2 is 1.79 bits per heavy atom. The molecule has 2 atom stereocenters. The molecule has 0 spiro atoms. The summed E-state index contributed by atoms with van der Waals surface area (Å²) in [6, 6.07) is -0.332. The molecule has 0 unspecified atom stereocenters. The summed E-state index contributed by atoms with van der Waals surface area (Å²) in [5.74, 6) is 0.552. The molecular weight excluding hydrogens is 448 g/mol. The number of hydrogen-bond acceptors (Lipinski definition) is 5. The van der Waals surface area contributed by atoms with Crippen molar-refractivity contribution in [2.75, 3.05) is 19.7 Å². The lowest BCUT2D eigenvalue weighted by atomic mass is 9.79. The quantitative estimate of drug-likeness (QED) is 0.271. The van der Waals surface area contributed by atoms with E-state index < -0.39 is 6.09 Å². The van der Waals surface area contributed by atoms with Crippen LogP contribution in [0.5, 0.6) is 0 Å². The van der Waals surface area contributed by atoms with Crippen LogP contribution in [0.1, 0.15) is 98.3 Å². The molecule has 1 saturated heterocycles. The average Bonchev–Trinajstić information content (AvgIpc) is 3.30. The fourth-order valence-corrected chi connectivity index (χ4v) is 5.66. The molecule has 1 saturated carbocycles. The third-order valence-corrected chi connectivity index (χ3v) is 7.96. The second-order valence-electron chi connectivity index (χ2n) is 10.9. The molecule has 1 aliphatic carbocycles. The van der Waals surface area contributed by atoms with Crippen molar-refractivity contribution in [3.05, 3.63) is 0 Å². The van der Waals surface area contributed by atoms with Crippen molar-refractivity contribution in [2.45, 2.75) is 116 Å². The van der Waals surface area contributed by atoms with E-state index in [0.29, 0.717) is 30.1 Å². The molecule has 0 aromatic carbocycles. The van der Waals surface area contributed by atoms with Crippen LogP contribution < -0.4 is 16.4 Å². The van der Waals surface area contributed by atoms with Crippen molar-refractivity contribution in [3.63, 3.8) is 0 Å². The zero-order chi connectivity index (χ0) is 25.1. The summed E-state index contributed by atoms with van der Waals surface area (Å²) in [5.41, 5.74) is 5.77. The van der Waals surface area contributed by atoms with Crippen LogP contribution in [0, 0.1) is 11.3 Å². The summed E-state index contributed by atoms with van der Waals surface area (Å²) in [4.78, 5) is 28.4. The Morgan fingerprint density at radius 1 is 1.12 bits per heavy atom. The predicted molar refractivity (Wildman–Crippen MR) is 142 cm³/mol. The molecule has 0 aromatic rings. The molecule has 196 valence electrons. The van der Waals surface area contributed by atoms with Crippen LogP contribution in [0.3, 0.4) is 0 Å². The van der Waals surface area contributed by atoms with E-state index >= 15 is 0 Å². The first-order valence-electron chi connectivity index (χ1n) is 13.5. The van der Waals surface area contributed by atoms with E-state index in [1.54, 1.807) is 0 Å². The highest BCUT2D eigenvalue weighted by Crippen LogP contribution is 2.32. The van der Waals surface area contributed by atoms with Crippen molar-refractivity contribution in [1.29, 1.82) is 0 Å². The summed E-state index contributed by atoms with van der Waals surface area (Å²) in [6.07, 6.45) is 10.3. The number of carbonyl (C=O) groups excluding carboxylic acids is 2. The molecule has 34 heavy (non-hydrogen) atoms. The van der Waals surface area contributed by atoms with Crippen LogP contribution in [0.2, 0.25) is 0 Å². The van der Waals surface area contributed by atoms with Crippen molar-refractivity contribution in [2.24, 2.45) is 17.1 Å². The number of hydrogen-bond donors (Lipinski definition) is 3. The van der Waals surface area contributed by atoms with Gasteiger partial charge in [0.05, 0.1) is 12.6 Å². The number of rotatable bonds is 12. The minimum Gasteiger partial charge on any atom is -0.450 e. The molecule has 0 aromatic heterocycles. The van der Waals surface area contributed by atoms with Crippen LogP contribution in [0.15, 0.2) is 0 Å². The van der Waals surface area contributed by atoms with Crippen LogP contribution in [0.4, 0.5) is 4.79 Å². The van der Waals surface area contributed by atoms with Gasteiger partial charge in [0.25, 0.3) is 0 Å². The maximum absolute atomic E-state index is 13.2. The van der Waals surface area contributed by atoms with Gasteiger partial charge in [-0.2, -0.15) is 0 Å². The van der Waals surface area contributed by atoms with E-state index in [1.807, 2.05) is 4.90 Å². The van der Waals surface area contributed by atoms with Gasteiger partial charge >= 0.3 is 6.09 Å². The van der Waals surface area contributed by atoms with Crippen LogP contribution in [-0.2, 0) is 9.53 Å². The molecular formula is C26H48N4O3S. The molecule has 2 amide bonds. The lowest BCUT2D eigenvalue weighted by molar-refractivity contribution is -0.124. The minimum absolute atomic E-state index is 0.0466. The maximum atomic E-state index is 13.2. The molecule has 0 bridgehead atoms.